The number of hydrogen-bond acceptors (Lipinski definition) is 13. The lowest BCUT2D eigenvalue weighted by Gasteiger charge is -2.36. The van der Waals surface area contributed by atoms with Gasteiger partial charge in [0.2, 0.25) is 0 Å². The number of rotatable bonds is 10. The lowest BCUT2D eigenvalue weighted by Crippen LogP contribution is -2.73. The minimum Gasteiger partial charge on any atom is -0.479 e. The third kappa shape index (κ3) is 3.63. The van der Waals surface area contributed by atoms with Crippen LogP contribution in [0.5, 0.6) is 0 Å². The maximum absolute atomic E-state index is 12.3. The van der Waals surface area contributed by atoms with Gasteiger partial charge in [0.05, 0.1) is 0 Å². The van der Waals surface area contributed by atoms with E-state index in [0.29, 0.717) is 13.8 Å². The first-order valence-electron chi connectivity index (χ1n) is 7.88. The second kappa shape index (κ2) is 8.38. The fourth-order valence-corrected chi connectivity index (χ4v) is 2.44. The van der Waals surface area contributed by atoms with Crippen molar-refractivity contribution in [3.63, 3.8) is 0 Å². The van der Waals surface area contributed by atoms with Crippen molar-refractivity contribution < 1.29 is 73.7 Å². The van der Waals surface area contributed by atoms with Crippen LogP contribution in [-0.4, -0.2) is 100 Å². The van der Waals surface area contributed by atoms with E-state index in [1.54, 1.807) is 0 Å². The van der Waals surface area contributed by atoms with Gasteiger partial charge in [-0.1, -0.05) is 0 Å². The first-order chi connectivity index (χ1) is 13.7. The third-order valence-corrected chi connectivity index (χ3v) is 4.48. The van der Waals surface area contributed by atoms with Crippen molar-refractivity contribution in [3.05, 3.63) is 0 Å². The zero-order valence-electron chi connectivity index (χ0n) is 16.4. The second-order valence-corrected chi connectivity index (χ2v) is 6.35. The molecule has 0 aliphatic rings. The molecule has 0 bridgehead atoms. The van der Waals surface area contributed by atoms with E-state index in [2.05, 4.69) is 4.74 Å². The number of ketones is 4. The molecule has 0 aliphatic heterocycles. The molecule has 0 fully saturated rings. The van der Waals surface area contributed by atoms with Crippen LogP contribution in [0.4, 0.5) is 0 Å². The average Bonchev–Trinajstić information content (AvgIpc) is 2.63. The maximum Gasteiger partial charge on any atom is 0.358 e. The van der Waals surface area contributed by atoms with Crippen molar-refractivity contribution in [1.82, 2.24) is 0 Å². The molecule has 0 aromatic rings. The molecule has 0 amide bonds. The van der Waals surface area contributed by atoms with E-state index in [1.165, 1.54) is 0 Å². The number of carboxylic acid groups (broad SMARTS) is 2. The predicted molar refractivity (Wildman–Crippen MR) is 88.9 cm³/mol. The normalized spacial score (nSPS) is 18.7. The Bertz CT molecular complexity index is 799. The monoisotopic (exact) mass is 450 g/mol. The molecule has 31 heavy (non-hydrogen) atoms. The summed E-state index contributed by atoms with van der Waals surface area (Å²) in [6.45, 7) is 1.20. The molecule has 0 aliphatic carbocycles. The van der Waals surface area contributed by atoms with Crippen LogP contribution in [0.1, 0.15) is 27.7 Å². The lowest BCUT2D eigenvalue weighted by atomic mass is 9.76. The number of carbonyl (C=O) groups excluding carboxylic acids is 6. The zero-order valence-corrected chi connectivity index (χ0v) is 16.4. The Kier molecular flexibility index (Phi) is 7.46. The SMILES string of the molecule is CC(=O)C(O)(C(=O)O)C(O)(C(C)=O)C(=O)OC(=O)C(O)(C(C)=O)C(O)(C(C)=O)C(=O)O. The summed E-state index contributed by atoms with van der Waals surface area (Å²) in [4.78, 5) is 93.9. The Labute approximate surface area is 171 Å². The summed E-state index contributed by atoms with van der Waals surface area (Å²) in [5.41, 5.74) is -17.2. The second-order valence-electron chi connectivity index (χ2n) is 6.35. The summed E-state index contributed by atoms with van der Waals surface area (Å²) in [6.07, 6.45) is 0. The van der Waals surface area contributed by atoms with Gasteiger partial charge in [0.25, 0.3) is 22.4 Å². The standard InChI is InChI=1S/C16H18O15/c1-5(17)13(27,9(21)22)15(29,7(3)19)11(25)31-12(26)16(30,8(4)20)14(28,6(2)18)10(23)24/h27-30H,1-4H3,(H,21,22)(H,23,24). The molecule has 0 saturated heterocycles. The molecular weight excluding hydrogens is 432 g/mol. The smallest absolute Gasteiger partial charge is 0.358 e. The zero-order chi connectivity index (χ0) is 25.3. The number of ether oxygens (including phenoxy) is 1. The van der Waals surface area contributed by atoms with Gasteiger partial charge < -0.3 is 35.4 Å². The van der Waals surface area contributed by atoms with Crippen LogP contribution < -0.4 is 0 Å². The van der Waals surface area contributed by atoms with E-state index in [-0.39, 0.29) is 13.8 Å². The number of Topliss-reactive ketones (excluding diaryl/α,β-unsaturated/α-hetero) is 4. The van der Waals surface area contributed by atoms with Crippen LogP contribution in [-0.2, 0) is 43.1 Å². The highest BCUT2D eigenvalue weighted by molar-refractivity contribution is 6.25. The van der Waals surface area contributed by atoms with Gasteiger partial charge in [-0.2, -0.15) is 0 Å². The molecule has 6 N–H and O–H groups in total. The number of aliphatic carboxylic acids is 2. The molecule has 172 valence electrons. The van der Waals surface area contributed by atoms with Crippen molar-refractivity contribution >= 4 is 47.0 Å². The summed E-state index contributed by atoms with van der Waals surface area (Å²) >= 11 is 0. The van der Waals surface area contributed by atoms with Crippen molar-refractivity contribution in [2.75, 3.05) is 0 Å². The third-order valence-electron chi connectivity index (χ3n) is 4.48. The van der Waals surface area contributed by atoms with Gasteiger partial charge in [0.15, 0.2) is 23.1 Å². The summed E-state index contributed by atoms with van der Waals surface area (Å²) in [7, 11) is 0. The number of aliphatic hydroxyl groups is 4. The van der Waals surface area contributed by atoms with Crippen LogP contribution in [0.2, 0.25) is 0 Å². The van der Waals surface area contributed by atoms with Gasteiger partial charge in [0.1, 0.15) is 0 Å². The van der Waals surface area contributed by atoms with Crippen LogP contribution >= 0.6 is 0 Å². The van der Waals surface area contributed by atoms with Crippen LogP contribution in [0.3, 0.4) is 0 Å². The Morgan fingerprint density at radius 2 is 0.677 bits per heavy atom. The highest BCUT2D eigenvalue weighted by Gasteiger charge is 2.71. The van der Waals surface area contributed by atoms with Gasteiger partial charge in [-0.25, -0.2) is 19.2 Å². The van der Waals surface area contributed by atoms with Gasteiger partial charge in [0, 0.05) is 0 Å². The largest absolute Gasteiger partial charge is 0.479 e. The Balaban J connectivity index is 6.79. The minimum atomic E-state index is -4.35. The minimum absolute atomic E-state index is 0.281. The quantitative estimate of drug-likeness (QED) is 0.135. The molecular formula is C16H18O15. The Hall–Kier alpha value is -3.40. The van der Waals surface area contributed by atoms with E-state index in [9.17, 15) is 58.8 Å². The number of carbonyl (C=O) groups is 8. The summed E-state index contributed by atoms with van der Waals surface area (Å²) in [5, 5.41) is 58.7. The first-order valence-corrected chi connectivity index (χ1v) is 7.88. The average molecular weight is 450 g/mol. The van der Waals surface area contributed by atoms with Gasteiger partial charge in [-0.05, 0) is 27.7 Å². The highest BCUT2D eigenvalue weighted by atomic mass is 16.6. The molecule has 4 atom stereocenters. The molecule has 0 saturated carbocycles. The van der Waals surface area contributed by atoms with E-state index in [1.807, 2.05) is 0 Å². The fraction of sp³-hybridized carbons (Fsp3) is 0.500. The van der Waals surface area contributed by atoms with Crippen molar-refractivity contribution in [3.8, 4) is 0 Å². The molecule has 0 heterocycles. The highest BCUT2D eigenvalue weighted by Crippen LogP contribution is 2.31. The molecule has 0 aromatic heterocycles. The molecule has 0 rings (SSSR count). The van der Waals surface area contributed by atoms with Gasteiger partial charge in [-0.15, -0.1) is 0 Å². The van der Waals surface area contributed by atoms with E-state index < -0.39 is 69.4 Å². The molecule has 15 nitrogen and oxygen atoms in total. The number of hydrogen-bond donors (Lipinski definition) is 6. The van der Waals surface area contributed by atoms with Crippen LogP contribution in [0, 0.1) is 0 Å². The summed E-state index contributed by atoms with van der Waals surface area (Å²) < 4.78 is 3.83. The van der Waals surface area contributed by atoms with E-state index in [4.69, 9.17) is 10.2 Å². The Morgan fingerprint density at radius 1 is 0.484 bits per heavy atom. The van der Waals surface area contributed by atoms with Crippen molar-refractivity contribution in [2.24, 2.45) is 0 Å². The molecule has 15 heteroatoms. The fourth-order valence-electron chi connectivity index (χ4n) is 2.44. The van der Waals surface area contributed by atoms with Crippen molar-refractivity contribution in [2.45, 2.75) is 50.1 Å². The van der Waals surface area contributed by atoms with E-state index in [0.717, 1.165) is 0 Å². The molecule has 0 aromatic carbocycles. The van der Waals surface area contributed by atoms with E-state index >= 15 is 0 Å². The summed E-state index contributed by atoms with van der Waals surface area (Å²) in [5.74, 6) is -18.6. The molecule has 0 radical (unpaired) electrons. The van der Waals surface area contributed by atoms with Crippen molar-refractivity contribution in [1.29, 1.82) is 0 Å². The first kappa shape index (κ1) is 27.6. The maximum atomic E-state index is 12.3. The predicted octanol–water partition coefficient (Wildman–Crippen LogP) is -4.49. The van der Waals surface area contributed by atoms with Gasteiger partial charge >= 0.3 is 23.9 Å². The lowest BCUT2D eigenvalue weighted by molar-refractivity contribution is -0.220. The van der Waals surface area contributed by atoms with Gasteiger partial charge in [-0.3, -0.25) is 19.2 Å². The number of esters is 2. The topological polar surface area (TPSA) is 267 Å². The van der Waals surface area contributed by atoms with Crippen LogP contribution in [0.15, 0.2) is 0 Å². The molecule has 0 spiro atoms. The summed E-state index contributed by atoms with van der Waals surface area (Å²) in [6, 6.07) is 0. The Morgan fingerprint density at radius 3 is 0.806 bits per heavy atom. The molecule has 4 unspecified atom stereocenters. The van der Waals surface area contributed by atoms with Crippen LogP contribution in [0.25, 0.3) is 0 Å². The number of carboxylic acids is 2.